The summed E-state index contributed by atoms with van der Waals surface area (Å²) in [6, 6.07) is 12.0. The molecule has 0 aromatic heterocycles. The van der Waals surface area contributed by atoms with Crippen LogP contribution in [-0.4, -0.2) is 26.4 Å². The van der Waals surface area contributed by atoms with Gasteiger partial charge in [-0.15, -0.1) is 0 Å². The Morgan fingerprint density at radius 1 is 1.12 bits per heavy atom. The number of fused-ring (bicyclic) bond motifs is 1. The molecule has 1 fully saturated rings. The Balaban J connectivity index is 1.99. The summed E-state index contributed by atoms with van der Waals surface area (Å²) in [7, 11) is 1.68. The molecule has 1 aliphatic rings. The first-order chi connectivity index (χ1) is 8.38. The molecule has 3 heteroatoms. The van der Waals surface area contributed by atoms with E-state index in [0.717, 1.165) is 28.9 Å². The molecule has 17 heavy (non-hydrogen) atoms. The van der Waals surface area contributed by atoms with Gasteiger partial charge in [-0.1, -0.05) is 24.3 Å². The van der Waals surface area contributed by atoms with E-state index < -0.39 is 0 Å². The van der Waals surface area contributed by atoms with Crippen LogP contribution in [0.15, 0.2) is 36.4 Å². The van der Waals surface area contributed by atoms with Crippen molar-refractivity contribution in [1.29, 1.82) is 0 Å². The fourth-order valence-electron chi connectivity index (χ4n) is 1.89. The van der Waals surface area contributed by atoms with Crippen molar-refractivity contribution in [3.63, 3.8) is 0 Å². The van der Waals surface area contributed by atoms with Gasteiger partial charge in [0.2, 0.25) is 0 Å². The van der Waals surface area contributed by atoms with Crippen LogP contribution in [0.25, 0.3) is 10.8 Å². The molecule has 1 atom stereocenters. The first-order valence-electron chi connectivity index (χ1n) is 5.68. The van der Waals surface area contributed by atoms with Crippen molar-refractivity contribution in [3.8, 4) is 11.5 Å². The number of rotatable bonds is 4. The van der Waals surface area contributed by atoms with Crippen LogP contribution >= 0.6 is 0 Å². The van der Waals surface area contributed by atoms with Gasteiger partial charge in [0.15, 0.2) is 0 Å². The van der Waals surface area contributed by atoms with Crippen LogP contribution < -0.4 is 9.47 Å². The molecule has 0 bridgehead atoms. The van der Waals surface area contributed by atoms with E-state index in [1.807, 2.05) is 36.4 Å². The predicted molar refractivity (Wildman–Crippen MR) is 65.7 cm³/mol. The summed E-state index contributed by atoms with van der Waals surface area (Å²) in [4.78, 5) is 0. The molecular formula is C14H14O3. The highest BCUT2D eigenvalue weighted by atomic mass is 16.6. The minimum Gasteiger partial charge on any atom is -0.496 e. The third-order valence-electron chi connectivity index (χ3n) is 2.89. The molecule has 0 amide bonds. The fraction of sp³-hybridized carbons (Fsp3) is 0.286. The number of ether oxygens (including phenoxy) is 3. The number of hydrogen-bond acceptors (Lipinski definition) is 3. The Labute approximate surface area is 99.9 Å². The number of epoxide rings is 1. The van der Waals surface area contributed by atoms with Crippen LogP contribution in [-0.2, 0) is 4.74 Å². The lowest BCUT2D eigenvalue weighted by Crippen LogP contribution is -2.04. The van der Waals surface area contributed by atoms with E-state index in [2.05, 4.69) is 0 Å². The van der Waals surface area contributed by atoms with Crippen molar-refractivity contribution in [3.05, 3.63) is 36.4 Å². The Bertz CT molecular complexity index is 532. The molecule has 1 saturated heterocycles. The Kier molecular flexibility index (Phi) is 2.61. The van der Waals surface area contributed by atoms with E-state index in [9.17, 15) is 0 Å². The van der Waals surface area contributed by atoms with Gasteiger partial charge in [0.25, 0.3) is 0 Å². The molecule has 3 nitrogen and oxygen atoms in total. The number of benzene rings is 2. The smallest absolute Gasteiger partial charge is 0.127 e. The van der Waals surface area contributed by atoms with Gasteiger partial charge in [0.05, 0.1) is 13.7 Å². The molecule has 88 valence electrons. The monoisotopic (exact) mass is 230 g/mol. The van der Waals surface area contributed by atoms with Crippen LogP contribution in [0.3, 0.4) is 0 Å². The maximum absolute atomic E-state index is 5.76. The zero-order valence-corrected chi connectivity index (χ0v) is 9.68. The van der Waals surface area contributed by atoms with Crippen molar-refractivity contribution in [2.75, 3.05) is 20.3 Å². The second-order valence-electron chi connectivity index (χ2n) is 4.08. The molecule has 0 unspecified atom stereocenters. The molecule has 1 aliphatic heterocycles. The predicted octanol–water partition coefficient (Wildman–Crippen LogP) is 2.63. The molecule has 2 aromatic rings. The van der Waals surface area contributed by atoms with Gasteiger partial charge in [0.1, 0.15) is 24.2 Å². The molecule has 0 N–H and O–H groups in total. The minimum atomic E-state index is 0.274. The Hall–Kier alpha value is -1.74. The van der Waals surface area contributed by atoms with E-state index in [1.165, 1.54) is 0 Å². The third-order valence-corrected chi connectivity index (χ3v) is 2.89. The summed E-state index contributed by atoms with van der Waals surface area (Å²) in [6.07, 6.45) is 0.274. The van der Waals surface area contributed by atoms with Crippen molar-refractivity contribution >= 4 is 10.8 Å². The van der Waals surface area contributed by atoms with Gasteiger partial charge in [-0.2, -0.15) is 0 Å². The van der Waals surface area contributed by atoms with Crippen LogP contribution in [0.2, 0.25) is 0 Å². The lowest BCUT2D eigenvalue weighted by Gasteiger charge is -2.11. The van der Waals surface area contributed by atoms with E-state index in [4.69, 9.17) is 14.2 Å². The average Bonchev–Trinajstić information content (AvgIpc) is 3.20. The molecule has 1 heterocycles. The summed E-state index contributed by atoms with van der Waals surface area (Å²) < 4.78 is 16.2. The molecule has 2 aromatic carbocycles. The molecule has 0 saturated carbocycles. The Morgan fingerprint density at radius 2 is 1.76 bits per heavy atom. The highest BCUT2D eigenvalue weighted by molar-refractivity contribution is 5.93. The van der Waals surface area contributed by atoms with Gasteiger partial charge < -0.3 is 14.2 Å². The van der Waals surface area contributed by atoms with Crippen molar-refractivity contribution < 1.29 is 14.2 Å². The normalized spacial score (nSPS) is 18.1. The average molecular weight is 230 g/mol. The molecule has 0 spiro atoms. The summed E-state index contributed by atoms with van der Waals surface area (Å²) in [5, 5.41) is 2.15. The summed E-state index contributed by atoms with van der Waals surface area (Å²) in [5.41, 5.74) is 0. The zero-order valence-electron chi connectivity index (χ0n) is 9.68. The lowest BCUT2D eigenvalue weighted by molar-refractivity contribution is 0.265. The van der Waals surface area contributed by atoms with Gasteiger partial charge in [-0.25, -0.2) is 0 Å². The van der Waals surface area contributed by atoms with Crippen molar-refractivity contribution in [2.45, 2.75) is 6.10 Å². The maximum Gasteiger partial charge on any atom is 0.127 e. The van der Waals surface area contributed by atoms with Crippen molar-refractivity contribution in [1.82, 2.24) is 0 Å². The number of methoxy groups -OCH3 is 1. The zero-order chi connectivity index (χ0) is 11.7. The highest BCUT2D eigenvalue weighted by Crippen LogP contribution is 2.33. The molecule has 0 aliphatic carbocycles. The van der Waals surface area contributed by atoms with Crippen LogP contribution in [0.5, 0.6) is 11.5 Å². The standard InChI is InChI=1S/C14H14O3/c1-15-13-6-7-14(17-9-10-8-16-10)12-5-3-2-4-11(12)13/h2-7,10H,8-9H2,1H3/t10-/m0/s1. The molecule has 0 radical (unpaired) electrons. The van der Waals surface area contributed by atoms with E-state index in [-0.39, 0.29) is 6.10 Å². The quantitative estimate of drug-likeness (QED) is 0.756. The van der Waals surface area contributed by atoms with Gasteiger partial charge in [-0.05, 0) is 12.1 Å². The van der Waals surface area contributed by atoms with Crippen LogP contribution in [0.1, 0.15) is 0 Å². The van der Waals surface area contributed by atoms with Gasteiger partial charge in [0, 0.05) is 10.8 Å². The van der Waals surface area contributed by atoms with Crippen molar-refractivity contribution in [2.24, 2.45) is 0 Å². The summed E-state index contributed by atoms with van der Waals surface area (Å²) in [6.45, 7) is 1.43. The third kappa shape index (κ3) is 2.06. The van der Waals surface area contributed by atoms with E-state index >= 15 is 0 Å². The number of hydrogen-bond donors (Lipinski definition) is 0. The SMILES string of the molecule is COc1ccc(OC[C@@H]2CO2)c2ccccc12. The summed E-state index contributed by atoms with van der Waals surface area (Å²) >= 11 is 0. The topological polar surface area (TPSA) is 31.0 Å². The summed E-state index contributed by atoms with van der Waals surface area (Å²) in [5.74, 6) is 1.76. The first-order valence-corrected chi connectivity index (χ1v) is 5.68. The highest BCUT2D eigenvalue weighted by Gasteiger charge is 2.23. The maximum atomic E-state index is 5.76. The molecule has 3 rings (SSSR count). The van der Waals surface area contributed by atoms with Gasteiger partial charge in [-0.3, -0.25) is 0 Å². The molecular weight excluding hydrogens is 216 g/mol. The van der Waals surface area contributed by atoms with E-state index in [1.54, 1.807) is 7.11 Å². The lowest BCUT2D eigenvalue weighted by atomic mass is 10.1. The fourth-order valence-corrected chi connectivity index (χ4v) is 1.89. The van der Waals surface area contributed by atoms with Crippen LogP contribution in [0.4, 0.5) is 0 Å². The first kappa shape index (κ1) is 10.4. The van der Waals surface area contributed by atoms with Crippen LogP contribution in [0, 0.1) is 0 Å². The Morgan fingerprint density at radius 3 is 2.41 bits per heavy atom. The second kappa shape index (κ2) is 4.26. The largest absolute Gasteiger partial charge is 0.496 e. The van der Waals surface area contributed by atoms with Gasteiger partial charge >= 0.3 is 0 Å². The second-order valence-corrected chi connectivity index (χ2v) is 4.08. The van der Waals surface area contributed by atoms with E-state index in [0.29, 0.717) is 6.61 Å². The minimum absolute atomic E-state index is 0.274.